The van der Waals surface area contributed by atoms with Gasteiger partial charge < -0.3 is 19.7 Å². The molecular formula is C21H21N3O4S. The summed E-state index contributed by atoms with van der Waals surface area (Å²) >= 11 is 1.04. The number of ether oxygens (including phenoxy) is 2. The first kappa shape index (κ1) is 21.9. The first-order valence-corrected chi connectivity index (χ1v) is 9.41. The lowest BCUT2D eigenvalue weighted by Crippen LogP contribution is -2.16. The van der Waals surface area contributed by atoms with E-state index in [0.717, 1.165) is 17.3 Å². The van der Waals surface area contributed by atoms with Crippen LogP contribution in [-0.4, -0.2) is 43.9 Å². The molecule has 2 aromatic carbocycles. The monoisotopic (exact) mass is 411 g/mol. The number of rotatable bonds is 7. The molecule has 0 saturated heterocycles. The third-order valence-corrected chi connectivity index (χ3v) is 4.73. The van der Waals surface area contributed by atoms with Gasteiger partial charge in [0.2, 0.25) is 5.91 Å². The maximum Gasteiger partial charge on any atom is 0.286 e. The first-order chi connectivity index (χ1) is 13.9. The summed E-state index contributed by atoms with van der Waals surface area (Å²) in [6, 6.07) is 14.1. The number of thioether (sulfide) groups is 1. The maximum atomic E-state index is 12.3. The molecule has 0 atom stereocenters. The Bertz CT molecular complexity index is 951. The van der Waals surface area contributed by atoms with Crippen LogP contribution in [0.1, 0.15) is 5.56 Å². The summed E-state index contributed by atoms with van der Waals surface area (Å²) in [5, 5.41) is 11.3. The Hall–Kier alpha value is -3.44. The van der Waals surface area contributed by atoms with E-state index in [4.69, 9.17) is 14.7 Å². The number of amides is 2. The van der Waals surface area contributed by atoms with E-state index in [1.165, 1.54) is 18.1 Å². The molecule has 7 nitrogen and oxygen atoms in total. The Kier molecular flexibility index (Phi) is 8.12. The van der Waals surface area contributed by atoms with Crippen molar-refractivity contribution in [1.82, 2.24) is 4.90 Å². The summed E-state index contributed by atoms with van der Waals surface area (Å²) < 4.78 is 10.5. The van der Waals surface area contributed by atoms with E-state index >= 15 is 0 Å². The van der Waals surface area contributed by atoms with Gasteiger partial charge in [-0.1, -0.05) is 18.2 Å². The van der Waals surface area contributed by atoms with E-state index in [0.29, 0.717) is 22.1 Å². The van der Waals surface area contributed by atoms with Crippen LogP contribution in [0.15, 0.2) is 53.4 Å². The van der Waals surface area contributed by atoms with Crippen molar-refractivity contribution in [2.24, 2.45) is 0 Å². The summed E-state index contributed by atoms with van der Waals surface area (Å²) in [6.07, 6.45) is 3.02. The highest BCUT2D eigenvalue weighted by Gasteiger charge is 2.11. The number of carbonyl (C=O) groups excluding carboxylic acids is 2. The number of benzene rings is 2. The highest BCUT2D eigenvalue weighted by molar-refractivity contribution is 8.13. The SMILES string of the molecule is COc1cc(/C=C/C(=O)Nc2ccccc2SC(=O)N(C)C)ccc1OCC#N. The third-order valence-electron chi connectivity index (χ3n) is 3.61. The number of methoxy groups -OCH3 is 1. The van der Waals surface area contributed by atoms with Crippen LogP contribution in [0.4, 0.5) is 10.5 Å². The largest absolute Gasteiger partial charge is 0.493 e. The average molecular weight is 411 g/mol. The summed E-state index contributed by atoms with van der Waals surface area (Å²) in [5.74, 6) is 0.582. The molecule has 0 heterocycles. The number of nitrogens with one attached hydrogen (secondary N) is 1. The molecule has 2 amide bonds. The van der Waals surface area contributed by atoms with Gasteiger partial charge in [-0.2, -0.15) is 5.26 Å². The molecule has 1 N–H and O–H groups in total. The molecule has 150 valence electrons. The van der Waals surface area contributed by atoms with Crippen molar-refractivity contribution < 1.29 is 19.1 Å². The molecule has 0 spiro atoms. The molecule has 29 heavy (non-hydrogen) atoms. The minimum Gasteiger partial charge on any atom is -0.493 e. The summed E-state index contributed by atoms with van der Waals surface area (Å²) in [4.78, 5) is 26.4. The van der Waals surface area contributed by atoms with Crippen molar-refractivity contribution in [1.29, 1.82) is 5.26 Å². The third kappa shape index (κ3) is 6.59. The quantitative estimate of drug-likeness (QED) is 0.546. The maximum absolute atomic E-state index is 12.3. The van der Waals surface area contributed by atoms with E-state index < -0.39 is 0 Å². The van der Waals surface area contributed by atoms with Crippen LogP contribution in [0.5, 0.6) is 11.5 Å². The van der Waals surface area contributed by atoms with E-state index in [2.05, 4.69) is 5.32 Å². The molecule has 0 radical (unpaired) electrons. The van der Waals surface area contributed by atoms with E-state index in [1.54, 1.807) is 62.6 Å². The van der Waals surface area contributed by atoms with Crippen LogP contribution in [0.2, 0.25) is 0 Å². The van der Waals surface area contributed by atoms with Gasteiger partial charge in [-0.05, 0) is 47.7 Å². The van der Waals surface area contributed by atoms with Gasteiger partial charge in [0.15, 0.2) is 18.1 Å². The first-order valence-electron chi connectivity index (χ1n) is 8.59. The second-order valence-electron chi connectivity index (χ2n) is 5.94. The lowest BCUT2D eigenvalue weighted by molar-refractivity contribution is -0.111. The fourth-order valence-electron chi connectivity index (χ4n) is 2.21. The van der Waals surface area contributed by atoms with Gasteiger partial charge in [0.25, 0.3) is 5.24 Å². The molecule has 8 heteroatoms. The van der Waals surface area contributed by atoms with Crippen molar-refractivity contribution in [2.45, 2.75) is 4.90 Å². The molecular weight excluding hydrogens is 390 g/mol. The van der Waals surface area contributed by atoms with Gasteiger partial charge in [0, 0.05) is 25.1 Å². The zero-order valence-corrected chi connectivity index (χ0v) is 17.2. The molecule has 0 fully saturated rings. The Morgan fingerprint density at radius 3 is 2.66 bits per heavy atom. The molecule has 0 saturated carbocycles. The minimum absolute atomic E-state index is 0.0816. The number of hydrogen-bond donors (Lipinski definition) is 1. The van der Waals surface area contributed by atoms with Gasteiger partial charge in [0.05, 0.1) is 12.8 Å². The van der Waals surface area contributed by atoms with Crippen molar-refractivity contribution in [3.63, 3.8) is 0 Å². The van der Waals surface area contributed by atoms with Gasteiger partial charge in [-0.15, -0.1) is 0 Å². The average Bonchev–Trinajstić information content (AvgIpc) is 2.72. The molecule has 0 aliphatic heterocycles. The van der Waals surface area contributed by atoms with Crippen LogP contribution >= 0.6 is 11.8 Å². The predicted molar refractivity (Wildman–Crippen MR) is 113 cm³/mol. The summed E-state index contributed by atoms with van der Waals surface area (Å²) in [7, 11) is 4.84. The lowest BCUT2D eigenvalue weighted by atomic mass is 10.2. The summed E-state index contributed by atoms with van der Waals surface area (Å²) in [5.41, 5.74) is 1.28. The number of anilines is 1. The fraction of sp³-hybridized carbons (Fsp3) is 0.190. The highest BCUT2D eigenvalue weighted by atomic mass is 32.2. The number of nitrogens with zero attached hydrogens (tertiary/aromatic N) is 2. The van der Waals surface area contributed by atoms with Crippen molar-refractivity contribution in [3.05, 3.63) is 54.1 Å². The Balaban J connectivity index is 2.09. The zero-order chi connectivity index (χ0) is 21.2. The molecule has 0 aliphatic rings. The van der Waals surface area contributed by atoms with E-state index in [-0.39, 0.29) is 17.8 Å². The number of hydrogen-bond acceptors (Lipinski definition) is 6. The molecule has 0 unspecified atom stereocenters. The van der Waals surface area contributed by atoms with Gasteiger partial charge in [-0.3, -0.25) is 9.59 Å². The van der Waals surface area contributed by atoms with Gasteiger partial charge >= 0.3 is 0 Å². The molecule has 2 aromatic rings. The number of para-hydroxylation sites is 1. The van der Waals surface area contributed by atoms with Crippen molar-refractivity contribution >= 4 is 34.7 Å². The van der Waals surface area contributed by atoms with Crippen LogP contribution in [0.25, 0.3) is 6.08 Å². The van der Waals surface area contributed by atoms with Crippen LogP contribution in [-0.2, 0) is 4.79 Å². The molecule has 0 bridgehead atoms. The number of carbonyl (C=O) groups is 2. The lowest BCUT2D eigenvalue weighted by Gasteiger charge is -2.12. The molecule has 0 aromatic heterocycles. The zero-order valence-electron chi connectivity index (χ0n) is 16.3. The smallest absolute Gasteiger partial charge is 0.286 e. The minimum atomic E-state index is -0.334. The molecule has 2 rings (SSSR count). The number of nitriles is 1. The van der Waals surface area contributed by atoms with Crippen LogP contribution in [0.3, 0.4) is 0 Å². The second-order valence-corrected chi connectivity index (χ2v) is 6.93. The summed E-state index contributed by atoms with van der Waals surface area (Å²) in [6.45, 7) is -0.0816. The van der Waals surface area contributed by atoms with E-state index in [1.807, 2.05) is 6.07 Å². The van der Waals surface area contributed by atoms with Crippen LogP contribution in [0, 0.1) is 11.3 Å². The van der Waals surface area contributed by atoms with Gasteiger partial charge in [-0.25, -0.2) is 0 Å². The normalized spacial score (nSPS) is 10.3. The Morgan fingerprint density at radius 2 is 1.97 bits per heavy atom. The molecule has 0 aliphatic carbocycles. The predicted octanol–water partition coefficient (Wildman–Crippen LogP) is 4.02. The van der Waals surface area contributed by atoms with Crippen LogP contribution < -0.4 is 14.8 Å². The highest BCUT2D eigenvalue weighted by Crippen LogP contribution is 2.29. The fourth-order valence-corrected chi connectivity index (χ4v) is 2.95. The van der Waals surface area contributed by atoms with Crippen molar-refractivity contribution in [3.8, 4) is 17.6 Å². The van der Waals surface area contributed by atoms with Crippen molar-refractivity contribution in [2.75, 3.05) is 33.1 Å². The van der Waals surface area contributed by atoms with E-state index in [9.17, 15) is 9.59 Å². The topological polar surface area (TPSA) is 91.7 Å². The Labute approximate surface area is 173 Å². The standard InChI is InChI=1S/C21H21N3O4S/c1-24(2)21(26)29-19-7-5-4-6-16(19)23-20(25)11-9-15-8-10-17(28-13-12-22)18(14-15)27-3/h4-11,14H,13H2,1-3H3,(H,23,25)/b11-9+. The van der Waals surface area contributed by atoms with Gasteiger partial charge in [0.1, 0.15) is 6.07 Å². The second kappa shape index (κ2) is 10.8. The Morgan fingerprint density at radius 1 is 1.21 bits per heavy atom.